The molecular weight excluding hydrogens is 400 g/mol. The Bertz CT molecular complexity index is 483. The molecule has 0 aromatic carbocycles. The molecule has 2 atom stereocenters. The van der Waals surface area contributed by atoms with E-state index in [0.717, 1.165) is 64.2 Å². The molecule has 7 N–H and O–H groups in total. The second-order valence-corrected chi connectivity index (χ2v) is 7.53. The normalized spacial score (nSPS) is 13.2. The van der Waals surface area contributed by atoms with Crippen LogP contribution in [0.1, 0.15) is 90.4 Å². The van der Waals surface area contributed by atoms with E-state index >= 15 is 0 Å². The van der Waals surface area contributed by atoms with Crippen LogP contribution in [-0.2, 0) is 14.5 Å². The summed E-state index contributed by atoms with van der Waals surface area (Å²) in [5.74, 6) is -1.65. The fourth-order valence-corrected chi connectivity index (χ4v) is 2.67. The zero-order valence-electron chi connectivity index (χ0n) is 19.1. The van der Waals surface area contributed by atoms with Gasteiger partial charge in [-0.2, -0.15) is 0 Å². The number of carboxylic acids is 2. The first-order valence-electron chi connectivity index (χ1n) is 11.4. The van der Waals surface area contributed by atoms with Crippen molar-refractivity contribution in [2.75, 3.05) is 6.54 Å². The van der Waals surface area contributed by atoms with Crippen LogP contribution in [-0.4, -0.2) is 46.1 Å². The molecule has 0 rings (SSSR count). The summed E-state index contributed by atoms with van der Waals surface area (Å²) in [4.78, 5) is 24.8. The van der Waals surface area contributed by atoms with Crippen LogP contribution >= 0.6 is 0 Å². The number of rotatable bonds is 19. The molecule has 0 radical (unpaired) electrons. The topological polar surface area (TPSA) is 156 Å². The number of aliphatic carboxylic acids is 2. The predicted molar refractivity (Wildman–Crippen MR) is 124 cm³/mol. The average molecular weight is 445 g/mol. The fourth-order valence-electron chi connectivity index (χ4n) is 2.67. The van der Waals surface area contributed by atoms with Crippen molar-refractivity contribution in [1.29, 1.82) is 0 Å². The smallest absolute Gasteiger partial charge is 0.320 e. The van der Waals surface area contributed by atoms with Crippen LogP contribution in [0, 0.1) is 0 Å². The predicted octanol–water partition coefficient (Wildman–Crippen LogP) is 4.49. The maximum absolute atomic E-state index is 10.3. The number of nitrogens with two attached hydrogens (primary N) is 2. The fraction of sp³-hybridized carbons (Fsp3) is 0.739. The van der Waals surface area contributed by atoms with Crippen LogP contribution < -0.4 is 11.5 Å². The van der Waals surface area contributed by atoms with Crippen LogP contribution in [0.25, 0.3) is 0 Å². The summed E-state index contributed by atoms with van der Waals surface area (Å²) in [6, 6.07) is -0.742. The zero-order valence-corrected chi connectivity index (χ0v) is 19.1. The number of carboxylic acid groups (broad SMARTS) is 2. The van der Waals surface area contributed by atoms with E-state index in [2.05, 4.69) is 17.9 Å². The molecule has 0 fully saturated rings. The van der Waals surface area contributed by atoms with Gasteiger partial charge in [-0.15, -0.1) is 0 Å². The standard InChI is InChI=1S/C18H32O4.C5H12N2O2/c1-2-3-11-14-17(22-21)15-12-9-7-5-4-6-8-10-13-16-18(19)20;6-3-1-2-4(7)5(8)9/h7,9,12,15,17,21H,2-6,8,10-11,13-14,16H2,1H3,(H,19,20);4H,1-3,6-7H2,(H,8,9)/b9-7-,15-12+;/t;4-/m.0/s1. The summed E-state index contributed by atoms with van der Waals surface area (Å²) in [6.45, 7) is 2.65. The van der Waals surface area contributed by atoms with E-state index < -0.39 is 18.0 Å². The first-order valence-corrected chi connectivity index (χ1v) is 11.4. The Morgan fingerprint density at radius 1 is 0.935 bits per heavy atom. The highest BCUT2D eigenvalue weighted by Gasteiger charge is 2.08. The monoisotopic (exact) mass is 444 g/mol. The van der Waals surface area contributed by atoms with Crippen LogP contribution in [0.4, 0.5) is 0 Å². The summed E-state index contributed by atoms with van der Waals surface area (Å²) in [7, 11) is 0. The molecule has 0 aliphatic carbocycles. The lowest BCUT2D eigenvalue weighted by molar-refractivity contribution is -0.267. The van der Waals surface area contributed by atoms with Crippen molar-refractivity contribution in [3.8, 4) is 0 Å². The number of hydrogen-bond donors (Lipinski definition) is 5. The molecule has 182 valence electrons. The number of hydrogen-bond acceptors (Lipinski definition) is 6. The quantitative estimate of drug-likeness (QED) is 0.0844. The highest BCUT2D eigenvalue weighted by Crippen LogP contribution is 2.09. The largest absolute Gasteiger partial charge is 0.481 e. The maximum atomic E-state index is 10.3. The molecule has 0 saturated heterocycles. The van der Waals surface area contributed by atoms with Crippen molar-refractivity contribution >= 4 is 11.9 Å². The third-order valence-corrected chi connectivity index (χ3v) is 4.60. The van der Waals surface area contributed by atoms with Crippen LogP contribution in [0.15, 0.2) is 24.3 Å². The van der Waals surface area contributed by atoms with Crippen LogP contribution in [0.2, 0.25) is 0 Å². The molecule has 1 unspecified atom stereocenters. The molecule has 8 nitrogen and oxygen atoms in total. The summed E-state index contributed by atoms with van der Waals surface area (Å²) in [5, 5.41) is 25.5. The Morgan fingerprint density at radius 2 is 1.61 bits per heavy atom. The average Bonchev–Trinajstić information content (AvgIpc) is 2.74. The number of allylic oxidation sites excluding steroid dienone is 3. The van der Waals surface area contributed by atoms with Gasteiger partial charge in [0, 0.05) is 6.42 Å². The van der Waals surface area contributed by atoms with Gasteiger partial charge < -0.3 is 21.7 Å². The van der Waals surface area contributed by atoms with E-state index in [0.29, 0.717) is 19.4 Å². The molecule has 0 aromatic heterocycles. The highest BCUT2D eigenvalue weighted by molar-refractivity contribution is 5.72. The van der Waals surface area contributed by atoms with Gasteiger partial charge >= 0.3 is 11.9 Å². The van der Waals surface area contributed by atoms with Crippen molar-refractivity contribution in [2.24, 2.45) is 11.5 Å². The van der Waals surface area contributed by atoms with Crippen molar-refractivity contribution < 1.29 is 29.9 Å². The van der Waals surface area contributed by atoms with Gasteiger partial charge in [-0.25, -0.2) is 4.89 Å². The molecule has 0 heterocycles. The Morgan fingerprint density at radius 3 is 2.19 bits per heavy atom. The minimum atomic E-state index is -0.955. The van der Waals surface area contributed by atoms with Gasteiger partial charge in [0.1, 0.15) is 12.1 Å². The molecule has 0 saturated carbocycles. The van der Waals surface area contributed by atoms with E-state index in [9.17, 15) is 9.59 Å². The summed E-state index contributed by atoms with van der Waals surface area (Å²) in [5.41, 5.74) is 10.3. The Labute approximate surface area is 187 Å². The molecule has 0 aliphatic heterocycles. The van der Waals surface area contributed by atoms with E-state index in [-0.39, 0.29) is 12.5 Å². The van der Waals surface area contributed by atoms with E-state index in [1.807, 2.05) is 18.2 Å². The van der Waals surface area contributed by atoms with Crippen molar-refractivity contribution in [1.82, 2.24) is 0 Å². The minimum absolute atomic E-state index is 0.203. The zero-order chi connectivity index (χ0) is 23.7. The van der Waals surface area contributed by atoms with E-state index in [4.69, 9.17) is 26.9 Å². The molecule has 8 heteroatoms. The first-order chi connectivity index (χ1) is 14.9. The molecule has 31 heavy (non-hydrogen) atoms. The van der Waals surface area contributed by atoms with Crippen LogP contribution in [0.3, 0.4) is 0 Å². The van der Waals surface area contributed by atoms with Gasteiger partial charge in [-0.1, -0.05) is 69.8 Å². The van der Waals surface area contributed by atoms with Crippen molar-refractivity contribution in [3.63, 3.8) is 0 Å². The Kier molecular flexibility index (Phi) is 24.9. The van der Waals surface area contributed by atoms with Gasteiger partial charge in [0.25, 0.3) is 0 Å². The Balaban J connectivity index is 0. The number of unbranched alkanes of at least 4 members (excludes halogenated alkanes) is 7. The highest BCUT2D eigenvalue weighted by atomic mass is 17.1. The minimum Gasteiger partial charge on any atom is -0.481 e. The SMILES string of the molecule is CCCCCC(/C=C/C=C\CCCCCCCC(=O)O)OO.NCCC[C@H](N)C(=O)O. The molecule has 0 aromatic rings. The van der Waals surface area contributed by atoms with E-state index in [1.165, 1.54) is 0 Å². The third kappa shape index (κ3) is 26.2. The second kappa shape index (κ2) is 24.5. The Hall–Kier alpha value is -1.74. The number of carbonyl (C=O) groups is 2. The van der Waals surface area contributed by atoms with Gasteiger partial charge in [0.15, 0.2) is 0 Å². The molecule has 0 aliphatic rings. The van der Waals surface area contributed by atoms with Crippen molar-refractivity contribution in [2.45, 2.75) is 103 Å². The third-order valence-electron chi connectivity index (χ3n) is 4.60. The van der Waals surface area contributed by atoms with Gasteiger partial charge in [0.2, 0.25) is 0 Å². The lowest BCUT2D eigenvalue weighted by Gasteiger charge is -2.07. The lowest BCUT2D eigenvalue weighted by Crippen LogP contribution is -2.30. The van der Waals surface area contributed by atoms with Gasteiger partial charge in [0.05, 0.1) is 0 Å². The molecular formula is C23H44N2O6. The van der Waals surface area contributed by atoms with Crippen molar-refractivity contribution in [3.05, 3.63) is 24.3 Å². The maximum Gasteiger partial charge on any atom is 0.320 e. The molecule has 0 amide bonds. The van der Waals surface area contributed by atoms with Gasteiger partial charge in [-0.3, -0.25) is 14.8 Å². The second-order valence-electron chi connectivity index (χ2n) is 7.53. The molecule has 0 spiro atoms. The molecule has 0 bridgehead atoms. The summed E-state index contributed by atoms with van der Waals surface area (Å²) in [6.07, 6.45) is 19.6. The van der Waals surface area contributed by atoms with Gasteiger partial charge in [-0.05, 0) is 45.1 Å². The summed E-state index contributed by atoms with van der Waals surface area (Å²) >= 11 is 0. The van der Waals surface area contributed by atoms with E-state index in [1.54, 1.807) is 0 Å². The summed E-state index contributed by atoms with van der Waals surface area (Å²) < 4.78 is 0. The first kappa shape index (κ1) is 31.4. The van der Waals surface area contributed by atoms with Crippen LogP contribution in [0.5, 0.6) is 0 Å². The lowest BCUT2D eigenvalue weighted by atomic mass is 10.1.